The molecule has 0 bridgehead atoms. The molecule has 12 heteroatoms. The fourth-order valence-electron chi connectivity index (χ4n) is 3.77. The number of benzene rings is 1. The van der Waals surface area contributed by atoms with Crippen molar-refractivity contribution in [1.82, 2.24) is 39.4 Å². The first-order valence-electron chi connectivity index (χ1n) is 11.0. The fourth-order valence-corrected chi connectivity index (χ4v) is 3.77. The molecule has 1 aromatic carbocycles. The number of rotatable bonds is 7. The number of amides is 1. The van der Waals surface area contributed by atoms with E-state index >= 15 is 0 Å². The van der Waals surface area contributed by atoms with Crippen molar-refractivity contribution < 1.29 is 18.0 Å². The van der Waals surface area contributed by atoms with Crippen molar-refractivity contribution in [1.29, 1.82) is 0 Å². The van der Waals surface area contributed by atoms with Gasteiger partial charge in [-0.3, -0.25) is 4.79 Å². The molecule has 0 radical (unpaired) electrons. The summed E-state index contributed by atoms with van der Waals surface area (Å²) in [5.74, 6) is 1.08. The molecule has 3 aromatic heterocycles. The summed E-state index contributed by atoms with van der Waals surface area (Å²) in [4.78, 5) is 28.1. The molecule has 0 N–H and O–H groups in total. The van der Waals surface area contributed by atoms with Gasteiger partial charge in [-0.25, -0.2) is 19.6 Å². The molecule has 9 nitrogen and oxygen atoms in total. The lowest BCUT2D eigenvalue weighted by Crippen LogP contribution is -2.36. The minimum Gasteiger partial charge on any atom is -0.328 e. The van der Waals surface area contributed by atoms with Gasteiger partial charge >= 0.3 is 6.18 Å². The van der Waals surface area contributed by atoms with Gasteiger partial charge in [-0.2, -0.15) is 28.1 Å². The molecule has 35 heavy (non-hydrogen) atoms. The normalized spacial score (nSPS) is 14.6. The molecule has 1 amide bonds. The van der Waals surface area contributed by atoms with Crippen LogP contribution in [0, 0.1) is 5.92 Å². The zero-order valence-electron chi connectivity index (χ0n) is 18.7. The number of carbonyl (C=O) groups excluding carboxylic acids is 1. The van der Waals surface area contributed by atoms with Crippen molar-refractivity contribution in [3.8, 4) is 11.6 Å². The highest BCUT2D eigenvalue weighted by molar-refractivity contribution is 5.94. The summed E-state index contributed by atoms with van der Waals surface area (Å²) in [5.41, 5.74) is -0.153. The van der Waals surface area contributed by atoms with E-state index in [9.17, 15) is 18.0 Å². The maximum Gasteiger partial charge on any atom is 0.435 e. The Hall–Kier alpha value is -4.09. The Balaban J connectivity index is 1.40. The van der Waals surface area contributed by atoms with E-state index < -0.39 is 17.9 Å². The minimum atomic E-state index is -4.52. The molecule has 0 saturated heterocycles. The lowest BCUT2D eigenvalue weighted by atomic mass is 10.1. The standard InChI is InChI=1S/C23H21F3N8O/c1-15(20-29-14-30-34(20)22-27-10-2-11-28-22)32(13-16-3-4-16)21(35)17-5-7-18(8-6-17)33-12-9-19(31-33)23(24,25)26/h2,5-12,14-16H,3-4,13H2,1H3. The van der Waals surface area contributed by atoms with Crippen LogP contribution in [-0.4, -0.2) is 51.9 Å². The van der Waals surface area contributed by atoms with Crippen molar-refractivity contribution in [3.63, 3.8) is 0 Å². The quantitative estimate of drug-likeness (QED) is 0.397. The van der Waals surface area contributed by atoms with Crippen LogP contribution < -0.4 is 0 Å². The molecule has 3 heterocycles. The molecule has 1 fully saturated rings. The molecule has 1 aliphatic rings. The highest BCUT2D eigenvalue weighted by Gasteiger charge is 2.34. The maximum atomic E-state index is 13.5. The molecule has 1 atom stereocenters. The number of alkyl halides is 3. The third kappa shape index (κ3) is 4.77. The van der Waals surface area contributed by atoms with E-state index in [1.807, 2.05) is 6.92 Å². The van der Waals surface area contributed by atoms with Crippen LogP contribution in [0.4, 0.5) is 13.2 Å². The Bertz CT molecular complexity index is 1310. The Labute approximate surface area is 198 Å². The van der Waals surface area contributed by atoms with E-state index in [1.165, 1.54) is 17.2 Å². The van der Waals surface area contributed by atoms with Crippen molar-refractivity contribution in [2.24, 2.45) is 5.92 Å². The van der Waals surface area contributed by atoms with Gasteiger partial charge in [0.1, 0.15) is 6.33 Å². The number of hydrogen-bond donors (Lipinski definition) is 0. The van der Waals surface area contributed by atoms with Crippen LogP contribution in [0.2, 0.25) is 0 Å². The second-order valence-corrected chi connectivity index (χ2v) is 8.35. The zero-order valence-corrected chi connectivity index (χ0v) is 18.7. The summed E-state index contributed by atoms with van der Waals surface area (Å²) in [6.07, 6.45) is 3.41. The lowest BCUT2D eigenvalue weighted by Gasteiger charge is -2.29. The van der Waals surface area contributed by atoms with Crippen LogP contribution in [-0.2, 0) is 6.18 Å². The molecule has 180 valence electrons. The van der Waals surface area contributed by atoms with E-state index in [4.69, 9.17) is 0 Å². The van der Waals surface area contributed by atoms with E-state index in [2.05, 4.69) is 25.1 Å². The average molecular weight is 482 g/mol. The van der Waals surface area contributed by atoms with Gasteiger partial charge in [0.05, 0.1) is 11.7 Å². The van der Waals surface area contributed by atoms with E-state index in [-0.39, 0.29) is 5.91 Å². The summed E-state index contributed by atoms with van der Waals surface area (Å²) in [6, 6.07) is 8.50. The molecule has 0 spiro atoms. The number of aromatic nitrogens is 7. The second-order valence-electron chi connectivity index (χ2n) is 8.35. The van der Waals surface area contributed by atoms with E-state index in [0.717, 1.165) is 23.6 Å². The van der Waals surface area contributed by atoms with Gasteiger partial charge in [-0.05, 0) is 62.1 Å². The summed E-state index contributed by atoms with van der Waals surface area (Å²) >= 11 is 0. The van der Waals surface area contributed by atoms with Gasteiger partial charge < -0.3 is 4.90 Å². The summed E-state index contributed by atoms with van der Waals surface area (Å²) in [7, 11) is 0. The van der Waals surface area contributed by atoms with E-state index in [1.54, 1.807) is 47.6 Å². The average Bonchev–Trinajstić information content (AvgIpc) is 3.32. The Morgan fingerprint density at radius 2 is 1.83 bits per heavy atom. The number of halogens is 3. The molecule has 5 rings (SSSR count). The largest absolute Gasteiger partial charge is 0.435 e. The smallest absolute Gasteiger partial charge is 0.328 e. The molecular formula is C23H21F3N8O. The first-order valence-corrected chi connectivity index (χ1v) is 11.0. The SMILES string of the molecule is CC(c1ncnn1-c1ncccn1)N(CC1CC1)C(=O)c1ccc(-n2ccc(C(F)(F)F)n2)cc1. The highest BCUT2D eigenvalue weighted by atomic mass is 19.4. The first-order chi connectivity index (χ1) is 16.8. The molecular weight excluding hydrogens is 461 g/mol. The number of hydrogen-bond acceptors (Lipinski definition) is 6. The van der Waals surface area contributed by atoms with Crippen LogP contribution in [0.15, 0.2) is 61.3 Å². The molecule has 1 unspecified atom stereocenters. The number of carbonyl (C=O) groups is 1. The minimum absolute atomic E-state index is 0.212. The zero-order chi connectivity index (χ0) is 24.6. The maximum absolute atomic E-state index is 13.5. The van der Waals surface area contributed by atoms with Gasteiger partial charge in [-0.1, -0.05) is 0 Å². The van der Waals surface area contributed by atoms with Gasteiger partial charge in [0.25, 0.3) is 11.9 Å². The lowest BCUT2D eigenvalue weighted by molar-refractivity contribution is -0.141. The Morgan fingerprint density at radius 3 is 2.46 bits per heavy atom. The third-order valence-corrected chi connectivity index (χ3v) is 5.83. The Kier molecular flexibility index (Phi) is 5.79. The van der Waals surface area contributed by atoms with Gasteiger partial charge in [0.2, 0.25) is 0 Å². The van der Waals surface area contributed by atoms with Crippen LogP contribution in [0.3, 0.4) is 0 Å². The van der Waals surface area contributed by atoms with Crippen molar-refractivity contribution in [3.05, 3.63) is 78.4 Å². The molecule has 4 aromatic rings. The van der Waals surface area contributed by atoms with Gasteiger partial charge in [0, 0.05) is 30.7 Å². The predicted molar refractivity (Wildman–Crippen MR) is 118 cm³/mol. The monoisotopic (exact) mass is 482 g/mol. The predicted octanol–water partition coefficient (Wildman–Crippen LogP) is 3.88. The molecule has 1 saturated carbocycles. The topological polar surface area (TPSA) is 94.6 Å². The van der Waals surface area contributed by atoms with Crippen LogP contribution in [0.1, 0.15) is 47.7 Å². The van der Waals surface area contributed by atoms with Crippen LogP contribution >= 0.6 is 0 Å². The summed E-state index contributed by atoms with van der Waals surface area (Å²) < 4.78 is 41.2. The molecule has 0 aliphatic heterocycles. The second kappa shape index (κ2) is 8.93. The van der Waals surface area contributed by atoms with E-state index in [0.29, 0.717) is 35.5 Å². The Morgan fingerprint density at radius 1 is 1.11 bits per heavy atom. The van der Waals surface area contributed by atoms with Crippen LogP contribution in [0.25, 0.3) is 11.6 Å². The van der Waals surface area contributed by atoms with Crippen molar-refractivity contribution in [2.45, 2.75) is 32.0 Å². The van der Waals surface area contributed by atoms with Crippen molar-refractivity contribution in [2.75, 3.05) is 6.54 Å². The van der Waals surface area contributed by atoms with Crippen LogP contribution in [0.5, 0.6) is 0 Å². The first kappa shape index (κ1) is 22.7. The van der Waals surface area contributed by atoms with Gasteiger partial charge in [-0.15, -0.1) is 0 Å². The third-order valence-electron chi connectivity index (χ3n) is 5.83. The van der Waals surface area contributed by atoms with Gasteiger partial charge in [0.15, 0.2) is 11.5 Å². The highest BCUT2D eigenvalue weighted by Crippen LogP contribution is 2.33. The summed E-state index contributed by atoms with van der Waals surface area (Å²) in [6.45, 7) is 2.43. The fraction of sp³-hybridized carbons (Fsp3) is 0.304. The van der Waals surface area contributed by atoms with Crippen molar-refractivity contribution >= 4 is 5.91 Å². The molecule has 1 aliphatic carbocycles. The number of nitrogens with zero attached hydrogens (tertiary/aromatic N) is 8. The summed E-state index contributed by atoms with van der Waals surface area (Å²) in [5, 5.41) is 7.81.